The minimum Gasteiger partial charge on any atom is -0.495 e. The zero-order chi connectivity index (χ0) is 25.0. The zero-order valence-electron chi connectivity index (χ0n) is 19.4. The third kappa shape index (κ3) is 7.71. The molecule has 3 amide bonds. The van der Waals surface area contributed by atoms with Crippen LogP contribution in [0.4, 0.5) is 5.69 Å². The van der Waals surface area contributed by atoms with Gasteiger partial charge in [0.25, 0.3) is 5.91 Å². The fourth-order valence-electron chi connectivity index (χ4n) is 3.04. The molecule has 0 fully saturated rings. The van der Waals surface area contributed by atoms with Crippen molar-refractivity contribution in [2.45, 2.75) is 13.0 Å². The van der Waals surface area contributed by atoms with Crippen molar-refractivity contribution in [3.8, 4) is 11.5 Å². The number of nitrogens with one attached hydrogen (secondary N) is 3. The van der Waals surface area contributed by atoms with Gasteiger partial charge < -0.3 is 20.1 Å². The summed E-state index contributed by atoms with van der Waals surface area (Å²) in [4.78, 5) is 36.2. The Labute approximate surface area is 203 Å². The van der Waals surface area contributed by atoms with Crippen LogP contribution in [0.25, 0.3) is 0 Å². The van der Waals surface area contributed by atoms with E-state index in [1.807, 2.05) is 36.4 Å². The van der Waals surface area contributed by atoms with Crippen molar-refractivity contribution in [2.24, 2.45) is 5.10 Å². The summed E-state index contributed by atoms with van der Waals surface area (Å²) < 4.78 is 10.7. The Morgan fingerprint density at radius 3 is 2.31 bits per heavy atom. The predicted molar refractivity (Wildman–Crippen MR) is 132 cm³/mol. The third-order valence-corrected chi connectivity index (χ3v) is 4.86. The zero-order valence-corrected chi connectivity index (χ0v) is 19.4. The first-order valence-electron chi connectivity index (χ1n) is 10.8. The monoisotopic (exact) mass is 474 g/mol. The maximum Gasteiger partial charge on any atom is 0.329 e. The molecule has 0 saturated carbocycles. The summed E-state index contributed by atoms with van der Waals surface area (Å²) in [6.45, 7) is 1.60. The lowest BCUT2D eigenvalue weighted by molar-refractivity contribution is -0.139. The number of nitrogens with zero attached hydrogens (tertiary/aromatic N) is 1. The predicted octanol–water partition coefficient (Wildman–Crippen LogP) is 3.04. The topological polar surface area (TPSA) is 118 Å². The van der Waals surface area contributed by atoms with Gasteiger partial charge in [-0.1, -0.05) is 42.5 Å². The van der Waals surface area contributed by atoms with Crippen LogP contribution in [0.3, 0.4) is 0 Å². The number of anilines is 1. The highest BCUT2D eigenvalue weighted by Gasteiger charge is 2.16. The quantitative estimate of drug-likeness (QED) is 0.250. The second-order valence-corrected chi connectivity index (χ2v) is 7.41. The summed E-state index contributed by atoms with van der Waals surface area (Å²) >= 11 is 0. The molecule has 0 radical (unpaired) electrons. The molecule has 0 bridgehead atoms. The molecule has 0 spiro atoms. The first kappa shape index (κ1) is 25.0. The van der Waals surface area contributed by atoms with E-state index in [4.69, 9.17) is 9.47 Å². The SMILES string of the molecule is COc1ccccc1NC(=O)COc1ccc(/C=N\NC(=O)C(=O)N[C@@H](C)c2ccccc2)cc1. The Bertz CT molecular complexity index is 1180. The van der Waals surface area contributed by atoms with E-state index in [9.17, 15) is 14.4 Å². The van der Waals surface area contributed by atoms with Gasteiger partial charge in [0.15, 0.2) is 6.61 Å². The number of rotatable bonds is 9. The highest BCUT2D eigenvalue weighted by molar-refractivity contribution is 6.35. The van der Waals surface area contributed by atoms with E-state index in [-0.39, 0.29) is 18.6 Å². The molecule has 180 valence electrons. The number of methoxy groups -OCH3 is 1. The van der Waals surface area contributed by atoms with Gasteiger partial charge in [-0.05, 0) is 54.4 Å². The van der Waals surface area contributed by atoms with Gasteiger partial charge in [-0.15, -0.1) is 0 Å². The van der Waals surface area contributed by atoms with Gasteiger partial charge in [0.05, 0.1) is 25.1 Å². The number of amides is 3. The average molecular weight is 475 g/mol. The summed E-state index contributed by atoms with van der Waals surface area (Å²) in [5.41, 5.74) is 4.30. The van der Waals surface area contributed by atoms with Crippen LogP contribution in [0.15, 0.2) is 84.0 Å². The van der Waals surface area contributed by atoms with Crippen LogP contribution in [-0.4, -0.2) is 37.7 Å². The van der Waals surface area contributed by atoms with Crippen LogP contribution in [-0.2, 0) is 14.4 Å². The van der Waals surface area contributed by atoms with E-state index in [1.54, 1.807) is 49.4 Å². The number of carbonyl (C=O) groups excluding carboxylic acids is 3. The number of para-hydroxylation sites is 2. The van der Waals surface area contributed by atoms with Gasteiger partial charge in [0.1, 0.15) is 11.5 Å². The summed E-state index contributed by atoms with van der Waals surface area (Å²) in [7, 11) is 1.53. The first-order chi connectivity index (χ1) is 17.0. The van der Waals surface area contributed by atoms with Crippen LogP contribution < -0.4 is 25.5 Å². The van der Waals surface area contributed by atoms with Crippen molar-refractivity contribution in [1.82, 2.24) is 10.7 Å². The van der Waals surface area contributed by atoms with Crippen LogP contribution in [0, 0.1) is 0 Å². The second kappa shape index (κ2) is 12.5. The van der Waals surface area contributed by atoms with E-state index in [0.717, 1.165) is 5.56 Å². The van der Waals surface area contributed by atoms with Crippen LogP contribution >= 0.6 is 0 Å². The molecule has 9 nitrogen and oxygen atoms in total. The molecule has 9 heteroatoms. The van der Waals surface area contributed by atoms with Gasteiger partial charge in [-0.2, -0.15) is 5.10 Å². The van der Waals surface area contributed by atoms with Crippen molar-refractivity contribution in [3.05, 3.63) is 90.0 Å². The van der Waals surface area contributed by atoms with E-state index >= 15 is 0 Å². The maximum atomic E-state index is 12.1. The van der Waals surface area contributed by atoms with Gasteiger partial charge in [0.2, 0.25) is 0 Å². The van der Waals surface area contributed by atoms with Gasteiger partial charge >= 0.3 is 11.8 Å². The molecule has 0 aliphatic carbocycles. The molecule has 1 atom stereocenters. The first-order valence-corrected chi connectivity index (χ1v) is 10.8. The van der Waals surface area contributed by atoms with Crippen molar-refractivity contribution < 1.29 is 23.9 Å². The molecule has 0 aliphatic rings. The lowest BCUT2D eigenvalue weighted by atomic mass is 10.1. The molecule has 3 rings (SSSR count). The summed E-state index contributed by atoms with van der Waals surface area (Å²) in [6, 6.07) is 22.8. The van der Waals surface area contributed by atoms with Gasteiger partial charge in [-0.25, -0.2) is 5.43 Å². The lowest BCUT2D eigenvalue weighted by Gasteiger charge is -2.13. The Balaban J connectivity index is 1.43. The van der Waals surface area contributed by atoms with Crippen LogP contribution in [0.5, 0.6) is 11.5 Å². The lowest BCUT2D eigenvalue weighted by Crippen LogP contribution is -2.39. The Hall–Kier alpha value is -4.66. The van der Waals surface area contributed by atoms with Crippen LogP contribution in [0.1, 0.15) is 24.1 Å². The molecule has 0 unspecified atom stereocenters. The number of benzene rings is 3. The minimum atomic E-state index is -0.870. The smallest absolute Gasteiger partial charge is 0.329 e. The van der Waals surface area contributed by atoms with Gasteiger partial charge in [-0.3, -0.25) is 14.4 Å². The van der Waals surface area contributed by atoms with Crippen molar-refractivity contribution in [2.75, 3.05) is 19.0 Å². The van der Waals surface area contributed by atoms with E-state index < -0.39 is 11.8 Å². The molecule has 3 aromatic rings. The number of hydrogen-bond acceptors (Lipinski definition) is 6. The minimum absolute atomic E-state index is 0.182. The number of ether oxygens (including phenoxy) is 2. The molecule has 35 heavy (non-hydrogen) atoms. The van der Waals surface area contributed by atoms with E-state index in [0.29, 0.717) is 22.7 Å². The Kier molecular flexibility index (Phi) is 8.95. The molecule has 0 aliphatic heterocycles. The highest BCUT2D eigenvalue weighted by Crippen LogP contribution is 2.23. The Morgan fingerprint density at radius 2 is 1.60 bits per heavy atom. The third-order valence-electron chi connectivity index (χ3n) is 4.86. The fraction of sp³-hybridized carbons (Fsp3) is 0.154. The molecular weight excluding hydrogens is 448 g/mol. The standard InChI is InChI=1S/C26H26N4O5/c1-18(20-8-4-3-5-9-20)28-25(32)26(33)30-27-16-19-12-14-21(15-13-19)35-17-24(31)29-22-10-6-7-11-23(22)34-2/h3-16,18H,17H2,1-2H3,(H,28,32)(H,29,31)(H,30,33)/b27-16-/t18-/m0/s1. The molecule has 0 aromatic heterocycles. The maximum absolute atomic E-state index is 12.1. The highest BCUT2D eigenvalue weighted by atomic mass is 16.5. The average Bonchev–Trinajstić information content (AvgIpc) is 2.89. The second-order valence-electron chi connectivity index (χ2n) is 7.41. The summed E-state index contributed by atoms with van der Waals surface area (Å²) in [5, 5.41) is 9.15. The molecule has 0 saturated heterocycles. The van der Waals surface area contributed by atoms with Crippen LogP contribution in [0.2, 0.25) is 0 Å². The largest absolute Gasteiger partial charge is 0.495 e. The van der Waals surface area contributed by atoms with Crippen molar-refractivity contribution in [3.63, 3.8) is 0 Å². The van der Waals surface area contributed by atoms with E-state index in [1.165, 1.54) is 13.3 Å². The number of hydrogen-bond donors (Lipinski definition) is 3. The number of hydrazone groups is 1. The fourth-order valence-corrected chi connectivity index (χ4v) is 3.04. The number of carbonyl (C=O) groups is 3. The summed E-state index contributed by atoms with van der Waals surface area (Å²) in [6.07, 6.45) is 1.39. The molecular formula is C26H26N4O5. The summed E-state index contributed by atoms with van der Waals surface area (Å²) in [5.74, 6) is -0.947. The Morgan fingerprint density at radius 1 is 0.914 bits per heavy atom. The molecule has 0 heterocycles. The van der Waals surface area contributed by atoms with Gasteiger partial charge in [0, 0.05) is 0 Å². The van der Waals surface area contributed by atoms with E-state index in [2.05, 4.69) is 21.2 Å². The van der Waals surface area contributed by atoms with Crippen molar-refractivity contribution in [1.29, 1.82) is 0 Å². The molecule has 3 aromatic carbocycles. The molecule has 3 N–H and O–H groups in total. The van der Waals surface area contributed by atoms with Crippen molar-refractivity contribution >= 4 is 29.6 Å². The normalized spacial score (nSPS) is 11.4.